The minimum absolute atomic E-state index is 0.0463. The average molecular weight is 210 g/mol. The van der Waals surface area contributed by atoms with Crippen LogP contribution in [0.4, 0.5) is 11.5 Å². The number of hydrogen-bond donors (Lipinski definition) is 1. The van der Waals surface area contributed by atoms with E-state index in [2.05, 4.69) is 10.4 Å². The van der Waals surface area contributed by atoms with Crippen LogP contribution >= 0.6 is 0 Å². The standard InChI is InChI=1S/C9H14N4O2/c1-6(7-3-4-7)10-9-8(13(14)15)5-12(2)11-9/h5-7H,3-4H2,1-2H3,(H,10,11). The van der Waals surface area contributed by atoms with Crippen molar-refractivity contribution < 1.29 is 4.92 Å². The van der Waals surface area contributed by atoms with Gasteiger partial charge in [-0.25, -0.2) is 0 Å². The Balaban J connectivity index is 2.15. The Bertz CT molecular complexity index is 383. The van der Waals surface area contributed by atoms with E-state index in [1.165, 1.54) is 23.7 Å². The number of hydrogen-bond acceptors (Lipinski definition) is 4. The number of rotatable bonds is 4. The first-order valence-corrected chi connectivity index (χ1v) is 5.02. The molecule has 0 aliphatic heterocycles. The molecule has 1 unspecified atom stereocenters. The lowest BCUT2D eigenvalue weighted by Crippen LogP contribution is -2.18. The molecule has 1 saturated carbocycles. The van der Waals surface area contributed by atoms with Gasteiger partial charge >= 0.3 is 5.69 Å². The largest absolute Gasteiger partial charge is 0.360 e. The van der Waals surface area contributed by atoms with Crippen LogP contribution in [-0.4, -0.2) is 20.7 Å². The molecule has 6 heteroatoms. The van der Waals surface area contributed by atoms with E-state index in [0.29, 0.717) is 11.7 Å². The van der Waals surface area contributed by atoms with Crippen LogP contribution in [0.2, 0.25) is 0 Å². The van der Waals surface area contributed by atoms with Gasteiger partial charge in [0.2, 0.25) is 5.82 Å². The van der Waals surface area contributed by atoms with Crippen molar-refractivity contribution in [1.82, 2.24) is 9.78 Å². The number of nitro groups is 1. The Morgan fingerprint density at radius 2 is 2.40 bits per heavy atom. The minimum atomic E-state index is -0.408. The quantitative estimate of drug-likeness (QED) is 0.604. The maximum absolute atomic E-state index is 10.7. The molecule has 1 atom stereocenters. The van der Waals surface area contributed by atoms with E-state index in [4.69, 9.17) is 0 Å². The lowest BCUT2D eigenvalue weighted by Gasteiger charge is -2.10. The van der Waals surface area contributed by atoms with Crippen LogP contribution in [-0.2, 0) is 7.05 Å². The Morgan fingerprint density at radius 1 is 1.73 bits per heavy atom. The number of aryl methyl sites for hydroxylation is 1. The Labute approximate surface area is 87.4 Å². The van der Waals surface area contributed by atoms with Crippen LogP contribution < -0.4 is 5.32 Å². The van der Waals surface area contributed by atoms with Gasteiger partial charge < -0.3 is 5.32 Å². The monoisotopic (exact) mass is 210 g/mol. The van der Waals surface area contributed by atoms with Crippen LogP contribution in [0.5, 0.6) is 0 Å². The molecule has 1 aliphatic carbocycles. The fourth-order valence-electron chi connectivity index (χ4n) is 1.64. The molecular formula is C9H14N4O2. The predicted molar refractivity (Wildman–Crippen MR) is 55.7 cm³/mol. The van der Waals surface area contributed by atoms with Crippen LogP contribution in [0.1, 0.15) is 19.8 Å². The van der Waals surface area contributed by atoms with Gasteiger partial charge in [0.05, 0.1) is 4.92 Å². The molecule has 1 aliphatic rings. The fourth-order valence-corrected chi connectivity index (χ4v) is 1.64. The van der Waals surface area contributed by atoms with Crippen molar-refractivity contribution >= 4 is 11.5 Å². The molecule has 1 N–H and O–H groups in total. The third-order valence-corrected chi connectivity index (χ3v) is 2.70. The predicted octanol–water partition coefficient (Wildman–Crippen LogP) is 1.54. The maximum atomic E-state index is 10.7. The molecular weight excluding hydrogens is 196 g/mol. The third kappa shape index (κ3) is 2.08. The molecule has 2 rings (SSSR count). The van der Waals surface area contributed by atoms with E-state index in [1.54, 1.807) is 7.05 Å². The van der Waals surface area contributed by atoms with Gasteiger partial charge in [-0.05, 0) is 25.7 Å². The zero-order valence-electron chi connectivity index (χ0n) is 8.80. The summed E-state index contributed by atoms with van der Waals surface area (Å²) < 4.78 is 1.46. The molecule has 0 saturated heterocycles. The lowest BCUT2D eigenvalue weighted by molar-refractivity contribution is -0.384. The first-order valence-electron chi connectivity index (χ1n) is 5.02. The minimum Gasteiger partial charge on any atom is -0.360 e. The highest BCUT2D eigenvalue weighted by atomic mass is 16.6. The van der Waals surface area contributed by atoms with Gasteiger partial charge in [0.15, 0.2) is 0 Å². The summed E-state index contributed by atoms with van der Waals surface area (Å²) in [5, 5.41) is 17.9. The fraction of sp³-hybridized carbons (Fsp3) is 0.667. The van der Waals surface area contributed by atoms with E-state index in [1.807, 2.05) is 6.92 Å². The molecule has 0 bridgehead atoms. The van der Waals surface area contributed by atoms with Gasteiger partial charge in [-0.1, -0.05) is 0 Å². The van der Waals surface area contributed by atoms with Crippen molar-refractivity contribution in [1.29, 1.82) is 0 Å². The van der Waals surface area contributed by atoms with Gasteiger partial charge in [0, 0.05) is 13.1 Å². The van der Waals surface area contributed by atoms with Crippen LogP contribution in [0.15, 0.2) is 6.20 Å². The number of nitrogens with zero attached hydrogens (tertiary/aromatic N) is 3. The molecule has 0 aromatic carbocycles. The van der Waals surface area contributed by atoms with Gasteiger partial charge in [-0.3, -0.25) is 14.8 Å². The highest BCUT2D eigenvalue weighted by Crippen LogP contribution is 2.35. The molecule has 6 nitrogen and oxygen atoms in total. The molecule has 1 heterocycles. The highest BCUT2D eigenvalue weighted by molar-refractivity contribution is 5.55. The van der Waals surface area contributed by atoms with Crippen LogP contribution in [0.25, 0.3) is 0 Å². The Kier molecular flexibility index (Phi) is 2.34. The second kappa shape index (κ2) is 3.52. The summed E-state index contributed by atoms with van der Waals surface area (Å²) in [6, 6.07) is 0.263. The number of aromatic nitrogens is 2. The molecule has 1 aromatic rings. The van der Waals surface area contributed by atoms with E-state index in [0.717, 1.165) is 0 Å². The molecule has 0 amide bonds. The van der Waals surface area contributed by atoms with E-state index in [-0.39, 0.29) is 11.7 Å². The van der Waals surface area contributed by atoms with Gasteiger partial charge in [0.1, 0.15) is 6.20 Å². The summed E-state index contributed by atoms with van der Waals surface area (Å²) in [7, 11) is 1.68. The normalized spacial score (nSPS) is 17.5. The van der Waals surface area contributed by atoms with Gasteiger partial charge in [-0.2, -0.15) is 0 Å². The van der Waals surface area contributed by atoms with E-state index >= 15 is 0 Å². The van der Waals surface area contributed by atoms with Gasteiger partial charge in [0.25, 0.3) is 0 Å². The summed E-state index contributed by atoms with van der Waals surface area (Å²) in [4.78, 5) is 10.3. The molecule has 1 fully saturated rings. The van der Waals surface area contributed by atoms with Gasteiger partial charge in [-0.15, -0.1) is 5.10 Å². The summed E-state index contributed by atoms with van der Waals surface area (Å²) in [5.74, 6) is 1.02. The second-order valence-corrected chi connectivity index (χ2v) is 4.06. The highest BCUT2D eigenvalue weighted by Gasteiger charge is 2.30. The molecule has 1 aromatic heterocycles. The smallest absolute Gasteiger partial charge is 0.330 e. The summed E-state index contributed by atoms with van der Waals surface area (Å²) >= 11 is 0. The summed E-state index contributed by atoms with van der Waals surface area (Å²) in [6.45, 7) is 2.04. The number of anilines is 1. The number of nitrogens with one attached hydrogen (secondary N) is 1. The van der Waals surface area contributed by atoms with Crippen molar-refractivity contribution in [3.63, 3.8) is 0 Å². The average Bonchev–Trinajstić information content (AvgIpc) is 2.91. The maximum Gasteiger partial charge on any atom is 0.330 e. The summed E-state index contributed by atoms with van der Waals surface area (Å²) in [6.07, 6.45) is 3.82. The van der Waals surface area contributed by atoms with Crippen molar-refractivity contribution in [2.45, 2.75) is 25.8 Å². The third-order valence-electron chi connectivity index (χ3n) is 2.70. The molecule has 15 heavy (non-hydrogen) atoms. The van der Waals surface area contributed by atoms with Crippen LogP contribution in [0.3, 0.4) is 0 Å². The topological polar surface area (TPSA) is 73.0 Å². The SMILES string of the molecule is CC(Nc1nn(C)cc1[N+](=O)[O-])C1CC1. The summed E-state index contributed by atoms with van der Waals surface area (Å²) in [5.41, 5.74) is 0.0463. The zero-order chi connectivity index (χ0) is 11.0. The lowest BCUT2D eigenvalue weighted by atomic mass is 10.2. The second-order valence-electron chi connectivity index (χ2n) is 4.06. The van der Waals surface area contributed by atoms with Crippen LogP contribution in [0, 0.1) is 16.0 Å². The van der Waals surface area contributed by atoms with E-state index < -0.39 is 4.92 Å². The molecule has 0 radical (unpaired) electrons. The Hall–Kier alpha value is -1.59. The molecule has 0 spiro atoms. The Morgan fingerprint density at radius 3 is 2.93 bits per heavy atom. The van der Waals surface area contributed by atoms with Crippen molar-refractivity contribution in [3.8, 4) is 0 Å². The van der Waals surface area contributed by atoms with Crippen molar-refractivity contribution in [2.75, 3.05) is 5.32 Å². The van der Waals surface area contributed by atoms with E-state index in [9.17, 15) is 10.1 Å². The first-order chi connectivity index (χ1) is 7.08. The van der Waals surface area contributed by atoms with Crippen molar-refractivity contribution in [3.05, 3.63) is 16.3 Å². The zero-order valence-corrected chi connectivity index (χ0v) is 8.80. The molecule has 82 valence electrons. The van der Waals surface area contributed by atoms with Crippen molar-refractivity contribution in [2.24, 2.45) is 13.0 Å². The first kappa shape index (κ1) is 9.95.